The molecule has 62 valence electrons. The van der Waals surface area contributed by atoms with Crippen molar-refractivity contribution in [2.45, 2.75) is 0 Å². The minimum Gasteiger partial charge on any atom is -0.361 e. The van der Waals surface area contributed by atoms with Gasteiger partial charge >= 0.3 is 0 Å². The van der Waals surface area contributed by atoms with Crippen LogP contribution in [-0.2, 0) is 0 Å². The molecule has 2 aromatic heterocycles. The summed E-state index contributed by atoms with van der Waals surface area (Å²) in [7, 11) is 0. The highest BCUT2D eigenvalue weighted by Crippen LogP contribution is 2.10. The number of hydrogen-bond donors (Lipinski definition) is 1. The van der Waals surface area contributed by atoms with Crippen molar-refractivity contribution in [2.75, 3.05) is 0 Å². The van der Waals surface area contributed by atoms with Crippen LogP contribution in [0.4, 0.5) is 5.82 Å². The lowest BCUT2D eigenvalue weighted by Crippen LogP contribution is -2.06. The van der Waals surface area contributed by atoms with Crippen molar-refractivity contribution in [3.8, 4) is 0 Å². The van der Waals surface area contributed by atoms with Crippen LogP contribution >= 0.6 is 0 Å². The lowest BCUT2D eigenvalue weighted by molar-refractivity contribution is 1.14. The lowest BCUT2D eigenvalue weighted by Gasteiger charge is -1.90. The standard InChI is InChI=1S/C8H4N4O/c1-9-6-3-2-5-7(12-6)10-4-11-8(5)13/h2-4H,(H,10,11,12,13). The van der Waals surface area contributed by atoms with Crippen LogP contribution in [0, 0.1) is 6.57 Å². The Kier molecular flexibility index (Phi) is 1.53. The molecular formula is C8H4N4O. The highest BCUT2D eigenvalue weighted by molar-refractivity contribution is 5.75. The fraction of sp³-hybridized carbons (Fsp3) is 0. The number of nitrogens with one attached hydrogen (secondary N) is 1. The molecule has 2 aromatic rings. The van der Waals surface area contributed by atoms with Gasteiger partial charge < -0.3 is 9.83 Å². The van der Waals surface area contributed by atoms with E-state index in [-0.39, 0.29) is 11.4 Å². The fourth-order valence-electron chi connectivity index (χ4n) is 1.01. The summed E-state index contributed by atoms with van der Waals surface area (Å²) in [6.07, 6.45) is 1.27. The van der Waals surface area contributed by atoms with Crippen LogP contribution in [0.15, 0.2) is 23.3 Å². The SMILES string of the molecule is [C-]#[N+]c1ccc2c(=O)[nH]cnc2n1. The number of fused-ring (bicyclic) bond motifs is 1. The molecule has 2 heterocycles. The third-order valence-corrected chi connectivity index (χ3v) is 1.60. The lowest BCUT2D eigenvalue weighted by atomic mass is 10.3. The third-order valence-electron chi connectivity index (χ3n) is 1.60. The van der Waals surface area contributed by atoms with Crippen LogP contribution < -0.4 is 5.56 Å². The Balaban J connectivity index is 2.90. The first-order chi connectivity index (χ1) is 6.31. The van der Waals surface area contributed by atoms with E-state index in [2.05, 4.69) is 19.8 Å². The number of nitrogens with zero attached hydrogens (tertiary/aromatic N) is 3. The van der Waals surface area contributed by atoms with Crippen molar-refractivity contribution < 1.29 is 0 Å². The second-order valence-electron chi connectivity index (χ2n) is 2.38. The molecule has 0 amide bonds. The maximum atomic E-state index is 11.2. The van der Waals surface area contributed by atoms with E-state index < -0.39 is 0 Å². The van der Waals surface area contributed by atoms with E-state index in [1.807, 2.05) is 0 Å². The largest absolute Gasteiger partial charge is 0.361 e. The van der Waals surface area contributed by atoms with Gasteiger partial charge in [0.25, 0.3) is 17.0 Å². The normalized spacial score (nSPS) is 9.77. The van der Waals surface area contributed by atoms with Crippen LogP contribution in [0.5, 0.6) is 0 Å². The summed E-state index contributed by atoms with van der Waals surface area (Å²) >= 11 is 0. The van der Waals surface area contributed by atoms with E-state index in [1.54, 1.807) is 6.07 Å². The summed E-state index contributed by atoms with van der Waals surface area (Å²) in [6.45, 7) is 6.72. The zero-order valence-electron chi connectivity index (χ0n) is 6.48. The van der Waals surface area contributed by atoms with Gasteiger partial charge in [0.05, 0.1) is 6.33 Å². The van der Waals surface area contributed by atoms with Gasteiger partial charge in [0.1, 0.15) is 5.39 Å². The summed E-state index contributed by atoms with van der Waals surface area (Å²) in [5, 5.41) is 0.398. The molecule has 0 saturated carbocycles. The van der Waals surface area contributed by atoms with E-state index in [0.29, 0.717) is 11.0 Å². The molecule has 0 unspecified atom stereocenters. The number of aromatic nitrogens is 3. The van der Waals surface area contributed by atoms with Gasteiger partial charge in [0.15, 0.2) is 0 Å². The molecule has 0 saturated heterocycles. The molecule has 0 aliphatic carbocycles. The van der Waals surface area contributed by atoms with Crippen LogP contribution in [0.1, 0.15) is 0 Å². The summed E-state index contributed by atoms with van der Waals surface area (Å²) in [5.74, 6) is 0.241. The molecule has 0 aromatic carbocycles. The second-order valence-corrected chi connectivity index (χ2v) is 2.38. The molecule has 0 spiro atoms. The first-order valence-corrected chi connectivity index (χ1v) is 3.53. The Morgan fingerprint density at radius 2 is 2.31 bits per heavy atom. The summed E-state index contributed by atoms with van der Waals surface area (Å²) in [5.41, 5.74) is 0.0614. The van der Waals surface area contributed by atoms with Crippen molar-refractivity contribution in [3.05, 3.63) is 40.2 Å². The number of rotatable bonds is 0. The zero-order chi connectivity index (χ0) is 9.26. The topological polar surface area (TPSA) is 63.0 Å². The summed E-state index contributed by atoms with van der Waals surface area (Å²) in [6, 6.07) is 3.04. The molecule has 5 heteroatoms. The highest BCUT2D eigenvalue weighted by Gasteiger charge is 2.04. The van der Waals surface area contributed by atoms with Crippen LogP contribution in [0.25, 0.3) is 15.9 Å². The summed E-state index contributed by atoms with van der Waals surface area (Å²) in [4.78, 5) is 24.4. The van der Waals surface area contributed by atoms with Gasteiger partial charge in [-0.3, -0.25) is 4.79 Å². The van der Waals surface area contributed by atoms with Crippen molar-refractivity contribution >= 4 is 16.9 Å². The minimum absolute atomic E-state index is 0.241. The number of pyridine rings is 1. The monoisotopic (exact) mass is 172 g/mol. The maximum Gasteiger partial charge on any atom is 0.271 e. The zero-order valence-corrected chi connectivity index (χ0v) is 6.48. The minimum atomic E-state index is -0.242. The van der Waals surface area contributed by atoms with E-state index in [4.69, 9.17) is 6.57 Å². The Labute approximate surface area is 72.9 Å². The van der Waals surface area contributed by atoms with E-state index in [0.717, 1.165) is 0 Å². The molecule has 2 rings (SSSR count). The molecule has 0 atom stereocenters. The average molecular weight is 172 g/mol. The van der Waals surface area contributed by atoms with Gasteiger partial charge in [-0.05, 0) is 6.07 Å². The Hall–Kier alpha value is -2.22. The first-order valence-electron chi connectivity index (χ1n) is 3.53. The summed E-state index contributed by atoms with van der Waals surface area (Å²) < 4.78 is 0. The number of hydrogen-bond acceptors (Lipinski definition) is 3. The molecule has 0 fully saturated rings. The second kappa shape index (κ2) is 2.68. The molecular weight excluding hydrogens is 168 g/mol. The molecule has 0 bridgehead atoms. The van der Waals surface area contributed by atoms with Gasteiger partial charge in [-0.15, -0.1) is 0 Å². The average Bonchev–Trinajstić information content (AvgIpc) is 2.18. The van der Waals surface area contributed by atoms with Crippen molar-refractivity contribution in [3.63, 3.8) is 0 Å². The predicted molar refractivity (Wildman–Crippen MR) is 46.4 cm³/mol. The molecule has 0 aliphatic rings. The van der Waals surface area contributed by atoms with Crippen LogP contribution in [-0.4, -0.2) is 15.0 Å². The van der Waals surface area contributed by atoms with Crippen LogP contribution in [0.2, 0.25) is 0 Å². The number of H-pyrrole nitrogens is 1. The van der Waals surface area contributed by atoms with Gasteiger partial charge in [-0.2, -0.15) is 4.98 Å². The van der Waals surface area contributed by atoms with Gasteiger partial charge in [-0.1, -0.05) is 17.6 Å². The van der Waals surface area contributed by atoms with Crippen molar-refractivity contribution in [2.24, 2.45) is 0 Å². The number of aromatic amines is 1. The van der Waals surface area contributed by atoms with E-state index in [1.165, 1.54) is 12.4 Å². The van der Waals surface area contributed by atoms with Crippen LogP contribution in [0.3, 0.4) is 0 Å². The molecule has 0 radical (unpaired) electrons. The molecule has 5 nitrogen and oxygen atoms in total. The van der Waals surface area contributed by atoms with Gasteiger partial charge in [-0.25, -0.2) is 0 Å². The maximum absolute atomic E-state index is 11.2. The first kappa shape index (κ1) is 7.43. The third kappa shape index (κ3) is 1.14. The van der Waals surface area contributed by atoms with E-state index in [9.17, 15) is 4.79 Å². The molecule has 0 aliphatic heterocycles. The van der Waals surface area contributed by atoms with Gasteiger partial charge in [0, 0.05) is 0 Å². The molecule has 1 N–H and O–H groups in total. The smallest absolute Gasteiger partial charge is 0.271 e. The Bertz CT molecular complexity index is 552. The van der Waals surface area contributed by atoms with Crippen molar-refractivity contribution in [1.82, 2.24) is 15.0 Å². The predicted octanol–water partition coefficient (Wildman–Crippen LogP) is 0.869. The highest BCUT2D eigenvalue weighted by atomic mass is 16.1. The quantitative estimate of drug-likeness (QED) is 0.599. The Morgan fingerprint density at radius 3 is 3.08 bits per heavy atom. The van der Waals surface area contributed by atoms with Gasteiger partial charge in [0.2, 0.25) is 0 Å². The van der Waals surface area contributed by atoms with E-state index >= 15 is 0 Å². The fourth-order valence-corrected chi connectivity index (χ4v) is 1.01. The molecule has 13 heavy (non-hydrogen) atoms. The van der Waals surface area contributed by atoms with Crippen molar-refractivity contribution in [1.29, 1.82) is 0 Å². The Morgan fingerprint density at radius 1 is 1.46 bits per heavy atom.